The molecule has 2 heterocycles. The normalized spacial score (nSPS) is 10.8. The van der Waals surface area contributed by atoms with Crippen LogP contribution in [0.15, 0.2) is 60.9 Å². The summed E-state index contributed by atoms with van der Waals surface area (Å²) >= 11 is 0. The minimum Gasteiger partial charge on any atom is -0.338 e. The largest absolute Gasteiger partial charge is 0.338 e. The van der Waals surface area contributed by atoms with E-state index in [1.807, 2.05) is 43.4 Å². The SMILES string of the molecule is Cn1nnc2c(Nc3ccccc3-c3ccccc3)ncnc21. The van der Waals surface area contributed by atoms with Crippen molar-refractivity contribution in [2.24, 2.45) is 7.05 Å². The summed E-state index contributed by atoms with van der Waals surface area (Å²) in [4.78, 5) is 8.52. The van der Waals surface area contributed by atoms with Gasteiger partial charge in [0.2, 0.25) is 0 Å². The summed E-state index contributed by atoms with van der Waals surface area (Å²) in [6.45, 7) is 0. The topological polar surface area (TPSA) is 68.5 Å². The second kappa shape index (κ2) is 5.49. The fraction of sp³-hybridized carbons (Fsp3) is 0.0588. The Morgan fingerprint density at radius 3 is 2.57 bits per heavy atom. The van der Waals surface area contributed by atoms with E-state index in [0.29, 0.717) is 17.0 Å². The van der Waals surface area contributed by atoms with Crippen LogP contribution in [0.5, 0.6) is 0 Å². The van der Waals surface area contributed by atoms with Crippen molar-refractivity contribution in [2.45, 2.75) is 0 Å². The quantitative estimate of drug-likeness (QED) is 0.629. The predicted molar refractivity (Wildman–Crippen MR) is 89.3 cm³/mol. The molecule has 0 atom stereocenters. The summed E-state index contributed by atoms with van der Waals surface area (Å²) in [6, 6.07) is 18.3. The van der Waals surface area contributed by atoms with Gasteiger partial charge in [-0.3, -0.25) is 0 Å². The number of hydrogen-bond acceptors (Lipinski definition) is 5. The Morgan fingerprint density at radius 2 is 1.70 bits per heavy atom. The van der Waals surface area contributed by atoms with Crippen molar-refractivity contribution in [3.63, 3.8) is 0 Å². The molecule has 0 saturated heterocycles. The molecule has 23 heavy (non-hydrogen) atoms. The Morgan fingerprint density at radius 1 is 0.913 bits per heavy atom. The van der Waals surface area contributed by atoms with Gasteiger partial charge < -0.3 is 5.32 Å². The van der Waals surface area contributed by atoms with Crippen molar-refractivity contribution < 1.29 is 0 Å². The summed E-state index contributed by atoms with van der Waals surface area (Å²) in [5.41, 5.74) is 4.55. The van der Waals surface area contributed by atoms with Crippen LogP contribution in [0.25, 0.3) is 22.3 Å². The van der Waals surface area contributed by atoms with Crippen LogP contribution in [0, 0.1) is 0 Å². The summed E-state index contributed by atoms with van der Waals surface area (Å²) in [6.07, 6.45) is 1.51. The Bertz CT molecular complexity index is 961. The average molecular weight is 302 g/mol. The summed E-state index contributed by atoms with van der Waals surface area (Å²) in [5.74, 6) is 0.645. The lowest BCUT2D eigenvalue weighted by molar-refractivity contribution is 0.729. The van der Waals surface area contributed by atoms with Crippen LogP contribution >= 0.6 is 0 Å². The van der Waals surface area contributed by atoms with E-state index < -0.39 is 0 Å². The highest BCUT2D eigenvalue weighted by Gasteiger charge is 2.11. The van der Waals surface area contributed by atoms with Crippen molar-refractivity contribution in [3.05, 3.63) is 60.9 Å². The summed E-state index contributed by atoms with van der Waals surface area (Å²) < 4.78 is 1.63. The van der Waals surface area contributed by atoms with Gasteiger partial charge in [0, 0.05) is 18.3 Å². The smallest absolute Gasteiger partial charge is 0.183 e. The third kappa shape index (κ3) is 2.40. The van der Waals surface area contributed by atoms with Gasteiger partial charge in [-0.1, -0.05) is 53.7 Å². The van der Waals surface area contributed by atoms with Gasteiger partial charge in [-0.15, -0.1) is 5.10 Å². The zero-order valence-corrected chi connectivity index (χ0v) is 12.5. The van der Waals surface area contributed by atoms with Gasteiger partial charge in [0.25, 0.3) is 0 Å². The van der Waals surface area contributed by atoms with E-state index in [-0.39, 0.29) is 0 Å². The van der Waals surface area contributed by atoms with Crippen LogP contribution in [-0.4, -0.2) is 25.0 Å². The zero-order valence-electron chi connectivity index (χ0n) is 12.5. The molecule has 0 saturated carbocycles. The molecule has 6 heteroatoms. The first-order valence-electron chi connectivity index (χ1n) is 7.25. The van der Waals surface area contributed by atoms with Crippen LogP contribution in [-0.2, 0) is 7.05 Å². The number of benzene rings is 2. The number of aromatic nitrogens is 5. The van der Waals surface area contributed by atoms with Gasteiger partial charge in [0.05, 0.1) is 0 Å². The molecule has 0 unspecified atom stereocenters. The van der Waals surface area contributed by atoms with Gasteiger partial charge in [0.1, 0.15) is 6.33 Å². The van der Waals surface area contributed by atoms with Crippen molar-refractivity contribution >= 4 is 22.7 Å². The molecule has 4 aromatic rings. The third-order valence-corrected chi connectivity index (χ3v) is 3.65. The molecule has 6 nitrogen and oxygen atoms in total. The molecule has 0 aliphatic rings. The van der Waals surface area contributed by atoms with Crippen molar-refractivity contribution in [2.75, 3.05) is 5.32 Å². The Labute approximate surface area is 132 Å². The molecule has 0 fully saturated rings. The van der Waals surface area contributed by atoms with Gasteiger partial charge in [-0.05, 0) is 11.6 Å². The maximum Gasteiger partial charge on any atom is 0.183 e. The highest BCUT2D eigenvalue weighted by atomic mass is 15.4. The number of fused-ring (bicyclic) bond motifs is 1. The van der Waals surface area contributed by atoms with E-state index >= 15 is 0 Å². The number of para-hydroxylation sites is 1. The molecule has 0 radical (unpaired) electrons. The van der Waals surface area contributed by atoms with Gasteiger partial charge >= 0.3 is 0 Å². The maximum absolute atomic E-state index is 4.31. The zero-order chi connectivity index (χ0) is 15.6. The summed E-state index contributed by atoms with van der Waals surface area (Å²) in [5, 5.41) is 11.5. The van der Waals surface area contributed by atoms with E-state index in [0.717, 1.165) is 16.8 Å². The van der Waals surface area contributed by atoms with E-state index in [2.05, 4.69) is 43.8 Å². The first-order valence-corrected chi connectivity index (χ1v) is 7.25. The van der Waals surface area contributed by atoms with Crippen LogP contribution in [0.1, 0.15) is 0 Å². The van der Waals surface area contributed by atoms with Crippen molar-refractivity contribution in [1.82, 2.24) is 25.0 Å². The standard InChI is InChI=1S/C17H14N6/c1-23-17-15(21-22-23)16(18-11-19-17)20-14-10-6-5-9-13(14)12-7-3-2-4-8-12/h2-11H,1H3,(H,18,19,20). The molecule has 0 bridgehead atoms. The number of hydrogen-bond donors (Lipinski definition) is 1. The molecule has 0 aliphatic carbocycles. The lowest BCUT2D eigenvalue weighted by Gasteiger charge is -2.11. The molecule has 112 valence electrons. The number of aryl methyl sites for hydroxylation is 1. The fourth-order valence-electron chi connectivity index (χ4n) is 2.53. The second-order valence-corrected chi connectivity index (χ2v) is 5.14. The van der Waals surface area contributed by atoms with Crippen molar-refractivity contribution in [1.29, 1.82) is 0 Å². The van der Waals surface area contributed by atoms with E-state index in [4.69, 9.17) is 0 Å². The van der Waals surface area contributed by atoms with E-state index in [9.17, 15) is 0 Å². The molecule has 2 aromatic carbocycles. The first-order chi connectivity index (χ1) is 11.3. The molecular formula is C17H14N6. The van der Waals surface area contributed by atoms with Crippen LogP contribution in [0.2, 0.25) is 0 Å². The Hall–Kier alpha value is -3.28. The lowest BCUT2D eigenvalue weighted by atomic mass is 10.0. The Kier molecular flexibility index (Phi) is 3.20. The maximum atomic E-state index is 4.31. The number of anilines is 2. The highest BCUT2D eigenvalue weighted by Crippen LogP contribution is 2.30. The van der Waals surface area contributed by atoms with Gasteiger partial charge in [-0.2, -0.15) is 0 Å². The number of rotatable bonds is 3. The highest BCUT2D eigenvalue weighted by molar-refractivity contribution is 5.88. The molecule has 0 amide bonds. The minimum absolute atomic E-state index is 0.645. The molecule has 0 aliphatic heterocycles. The third-order valence-electron chi connectivity index (χ3n) is 3.65. The van der Waals surface area contributed by atoms with Gasteiger partial charge in [-0.25, -0.2) is 14.6 Å². The van der Waals surface area contributed by atoms with E-state index in [1.54, 1.807) is 4.68 Å². The average Bonchev–Trinajstić information content (AvgIpc) is 2.99. The van der Waals surface area contributed by atoms with Gasteiger partial charge in [0.15, 0.2) is 17.0 Å². The van der Waals surface area contributed by atoms with Crippen LogP contribution in [0.4, 0.5) is 11.5 Å². The van der Waals surface area contributed by atoms with Crippen LogP contribution in [0.3, 0.4) is 0 Å². The molecular weight excluding hydrogens is 288 g/mol. The lowest BCUT2D eigenvalue weighted by Crippen LogP contribution is -1.98. The monoisotopic (exact) mass is 302 g/mol. The second-order valence-electron chi connectivity index (χ2n) is 5.14. The molecule has 0 spiro atoms. The van der Waals surface area contributed by atoms with E-state index in [1.165, 1.54) is 6.33 Å². The summed E-state index contributed by atoms with van der Waals surface area (Å²) in [7, 11) is 1.81. The van der Waals surface area contributed by atoms with Crippen molar-refractivity contribution in [3.8, 4) is 11.1 Å². The first kappa shape index (κ1) is 13.4. The minimum atomic E-state index is 0.645. The molecule has 2 aromatic heterocycles. The van der Waals surface area contributed by atoms with Crippen LogP contribution < -0.4 is 5.32 Å². The number of nitrogens with one attached hydrogen (secondary N) is 1. The molecule has 1 N–H and O–H groups in total. The number of nitrogens with zero attached hydrogens (tertiary/aromatic N) is 5. The predicted octanol–water partition coefficient (Wildman–Crippen LogP) is 3.17. The molecule has 4 rings (SSSR count). The Balaban J connectivity index is 1.80. The fourth-order valence-corrected chi connectivity index (χ4v) is 2.53.